The summed E-state index contributed by atoms with van der Waals surface area (Å²) in [6.45, 7) is 6.44. The molecule has 0 fully saturated rings. The number of primary amides is 1. The highest BCUT2D eigenvalue weighted by Gasteiger charge is 2.19. The van der Waals surface area contributed by atoms with Crippen LogP contribution < -0.4 is 15.8 Å². The zero-order chi connectivity index (χ0) is 24.6. The Labute approximate surface area is 201 Å². The summed E-state index contributed by atoms with van der Waals surface area (Å²) in [5.74, 6) is -0.686. The molecule has 3 rings (SSSR count). The molecular formula is C25H33N5O3S. The van der Waals surface area contributed by atoms with Crippen molar-refractivity contribution in [2.45, 2.75) is 44.5 Å². The summed E-state index contributed by atoms with van der Waals surface area (Å²) in [5.41, 5.74) is 8.24. The van der Waals surface area contributed by atoms with Crippen LogP contribution in [0.5, 0.6) is 0 Å². The van der Waals surface area contributed by atoms with Crippen molar-refractivity contribution < 1.29 is 13.2 Å². The number of aromatic nitrogens is 2. The number of nitrogens with two attached hydrogens (primary N) is 1. The molecule has 34 heavy (non-hydrogen) atoms. The average Bonchev–Trinajstić information content (AvgIpc) is 3.31. The molecule has 3 aromatic rings. The van der Waals surface area contributed by atoms with Crippen LogP contribution in [0.25, 0.3) is 0 Å². The van der Waals surface area contributed by atoms with Crippen LogP contribution in [0, 0.1) is 0 Å². The van der Waals surface area contributed by atoms with Gasteiger partial charge in [0.1, 0.15) is 0 Å². The van der Waals surface area contributed by atoms with Crippen LogP contribution in [-0.2, 0) is 34.3 Å². The highest BCUT2D eigenvalue weighted by atomic mass is 32.2. The maximum absolute atomic E-state index is 12.4. The number of rotatable bonds is 13. The van der Waals surface area contributed by atoms with Crippen LogP contribution in [0.15, 0.2) is 67.3 Å². The fourth-order valence-electron chi connectivity index (χ4n) is 3.66. The molecule has 182 valence electrons. The van der Waals surface area contributed by atoms with Gasteiger partial charge in [0, 0.05) is 36.6 Å². The molecule has 0 aliphatic heterocycles. The van der Waals surface area contributed by atoms with Crippen LogP contribution in [0.4, 0.5) is 0 Å². The lowest BCUT2D eigenvalue weighted by Crippen LogP contribution is -2.37. The molecule has 0 bridgehead atoms. The Balaban J connectivity index is 1.43. The van der Waals surface area contributed by atoms with Gasteiger partial charge in [0.2, 0.25) is 15.9 Å². The monoisotopic (exact) mass is 483 g/mol. The average molecular weight is 484 g/mol. The van der Waals surface area contributed by atoms with Gasteiger partial charge in [-0.25, -0.2) is 18.1 Å². The third-order valence-electron chi connectivity index (χ3n) is 5.73. The van der Waals surface area contributed by atoms with Gasteiger partial charge in [-0.05, 0) is 62.1 Å². The number of hydrogen-bond acceptors (Lipinski definition) is 5. The number of benzene rings is 2. The van der Waals surface area contributed by atoms with Crippen LogP contribution in [0.3, 0.4) is 0 Å². The number of carbonyl (C=O) groups is 1. The Morgan fingerprint density at radius 2 is 1.71 bits per heavy atom. The molecule has 0 spiro atoms. The van der Waals surface area contributed by atoms with E-state index in [0.29, 0.717) is 24.1 Å². The van der Waals surface area contributed by atoms with Gasteiger partial charge in [0.15, 0.2) is 0 Å². The minimum Gasteiger partial charge on any atom is -0.366 e. The summed E-state index contributed by atoms with van der Waals surface area (Å²) in [4.78, 5) is 15.2. The molecule has 9 heteroatoms. The van der Waals surface area contributed by atoms with Gasteiger partial charge < -0.3 is 15.6 Å². The molecular weight excluding hydrogens is 450 g/mol. The van der Waals surface area contributed by atoms with E-state index < -0.39 is 15.9 Å². The van der Waals surface area contributed by atoms with E-state index in [1.165, 1.54) is 17.7 Å². The normalized spacial score (nSPS) is 12.1. The van der Waals surface area contributed by atoms with Crippen molar-refractivity contribution in [3.63, 3.8) is 0 Å². The number of amides is 1. The first-order chi connectivity index (χ1) is 16.1. The molecule has 4 N–H and O–H groups in total. The molecule has 1 amide bonds. The smallest absolute Gasteiger partial charge is 0.248 e. The fourth-order valence-corrected chi connectivity index (χ4v) is 4.80. The van der Waals surface area contributed by atoms with Gasteiger partial charge in [-0.3, -0.25) is 4.79 Å². The highest BCUT2D eigenvalue weighted by Crippen LogP contribution is 2.20. The van der Waals surface area contributed by atoms with E-state index in [2.05, 4.69) is 45.6 Å². The zero-order valence-corrected chi connectivity index (χ0v) is 20.5. The van der Waals surface area contributed by atoms with E-state index in [0.717, 1.165) is 25.1 Å². The fraction of sp³-hybridized carbons (Fsp3) is 0.360. The maximum atomic E-state index is 12.4. The number of aryl methyl sites for hydroxylation is 1. The van der Waals surface area contributed by atoms with E-state index in [1.54, 1.807) is 18.3 Å². The van der Waals surface area contributed by atoms with E-state index in [1.807, 2.05) is 24.7 Å². The third kappa shape index (κ3) is 7.79. The van der Waals surface area contributed by atoms with Crippen molar-refractivity contribution in [2.75, 3.05) is 13.1 Å². The Hall–Kier alpha value is -3.01. The lowest BCUT2D eigenvalue weighted by molar-refractivity contribution is 0.100. The molecule has 1 aromatic heterocycles. The number of nitrogens with one attached hydrogen (secondary N) is 2. The second kappa shape index (κ2) is 11.4. The van der Waals surface area contributed by atoms with E-state index >= 15 is 0 Å². The summed E-state index contributed by atoms with van der Waals surface area (Å²) in [5, 5.41) is 3.60. The van der Waals surface area contributed by atoms with E-state index in [9.17, 15) is 13.2 Å². The summed E-state index contributed by atoms with van der Waals surface area (Å²) >= 11 is 0. The van der Waals surface area contributed by atoms with Crippen molar-refractivity contribution in [1.29, 1.82) is 0 Å². The minimum absolute atomic E-state index is 0.147. The summed E-state index contributed by atoms with van der Waals surface area (Å²) in [7, 11) is -3.48. The van der Waals surface area contributed by atoms with Gasteiger partial charge in [0.25, 0.3) is 0 Å². The summed E-state index contributed by atoms with van der Waals surface area (Å²) in [6, 6.07) is 14.5. The van der Waals surface area contributed by atoms with Crippen molar-refractivity contribution >= 4 is 15.9 Å². The lowest BCUT2D eigenvalue weighted by Gasteiger charge is -2.27. The standard InChI is InChI=1S/C25H33N5O3S/c1-25(2,28-13-3-16-30-17-15-27-19-30)23-10-6-20(7-11-23)12-14-29-34(32,33)18-21-4-8-22(9-5-21)24(26)31/h4-11,15,17,19,28-29H,3,12-14,16,18H2,1-2H3,(H2,26,31). The molecule has 0 atom stereocenters. The van der Waals surface area contributed by atoms with Gasteiger partial charge in [-0.15, -0.1) is 0 Å². The Morgan fingerprint density at radius 1 is 1.03 bits per heavy atom. The molecule has 0 aliphatic rings. The SMILES string of the molecule is CC(C)(NCCCn1ccnc1)c1ccc(CCNS(=O)(=O)Cc2ccc(C(N)=O)cc2)cc1. The first-order valence-electron chi connectivity index (χ1n) is 11.3. The minimum atomic E-state index is -3.48. The second-order valence-electron chi connectivity index (χ2n) is 8.87. The van der Waals surface area contributed by atoms with Crippen molar-refractivity contribution in [2.24, 2.45) is 5.73 Å². The first kappa shape index (κ1) is 25.6. The first-order valence-corrected chi connectivity index (χ1v) is 13.0. The topological polar surface area (TPSA) is 119 Å². The summed E-state index contributed by atoms with van der Waals surface area (Å²) in [6.07, 6.45) is 7.18. The predicted octanol–water partition coefficient (Wildman–Crippen LogP) is 2.56. The van der Waals surface area contributed by atoms with Gasteiger partial charge in [-0.2, -0.15) is 0 Å². The molecule has 1 heterocycles. The largest absolute Gasteiger partial charge is 0.366 e. The van der Waals surface area contributed by atoms with Crippen molar-refractivity contribution in [3.8, 4) is 0 Å². The molecule has 0 saturated heterocycles. The number of imidazole rings is 1. The second-order valence-corrected chi connectivity index (χ2v) is 10.7. The van der Waals surface area contributed by atoms with Crippen LogP contribution in [0.1, 0.15) is 47.3 Å². The molecule has 0 unspecified atom stereocenters. The van der Waals surface area contributed by atoms with Crippen LogP contribution in [0.2, 0.25) is 0 Å². The number of carbonyl (C=O) groups excluding carboxylic acids is 1. The molecule has 0 radical (unpaired) electrons. The number of nitrogens with zero attached hydrogens (tertiary/aromatic N) is 2. The highest BCUT2D eigenvalue weighted by molar-refractivity contribution is 7.88. The predicted molar refractivity (Wildman–Crippen MR) is 134 cm³/mol. The molecule has 8 nitrogen and oxygen atoms in total. The van der Waals surface area contributed by atoms with Crippen molar-refractivity contribution in [1.82, 2.24) is 19.6 Å². The number of hydrogen-bond donors (Lipinski definition) is 3. The molecule has 2 aromatic carbocycles. The van der Waals surface area contributed by atoms with Gasteiger partial charge in [-0.1, -0.05) is 36.4 Å². The van der Waals surface area contributed by atoms with Gasteiger partial charge in [0.05, 0.1) is 12.1 Å². The quantitative estimate of drug-likeness (QED) is 0.323. The zero-order valence-electron chi connectivity index (χ0n) is 19.7. The Morgan fingerprint density at radius 3 is 2.32 bits per heavy atom. The number of sulfonamides is 1. The lowest BCUT2D eigenvalue weighted by atomic mass is 9.93. The third-order valence-corrected chi connectivity index (χ3v) is 7.08. The van der Waals surface area contributed by atoms with E-state index in [-0.39, 0.29) is 11.3 Å². The Kier molecular flexibility index (Phi) is 8.60. The van der Waals surface area contributed by atoms with Gasteiger partial charge >= 0.3 is 0 Å². The summed E-state index contributed by atoms with van der Waals surface area (Å²) < 4.78 is 29.5. The van der Waals surface area contributed by atoms with Crippen LogP contribution >= 0.6 is 0 Å². The molecule has 0 saturated carbocycles. The van der Waals surface area contributed by atoms with Crippen LogP contribution in [-0.4, -0.2) is 37.0 Å². The van der Waals surface area contributed by atoms with Crippen molar-refractivity contribution in [3.05, 3.63) is 89.5 Å². The van der Waals surface area contributed by atoms with E-state index in [4.69, 9.17) is 5.73 Å². The Bertz CT molecular complexity index is 1160. The maximum Gasteiger partial charge on any atom is 0.248 e. The molecule has 0 aliphatic carbocycles.